The van der Waals surface area contributed by atoms with E-state index in [1.165, 1.54) is 13.8 Å². The number of nitrogens with zero attached hydrogens (tertiary/aromatic N) is 2. The molecular weight excluding hydrogens is 452 g/mol. The highest BCUT2D eigenvalue weighted by atomic mass is 32.2. The van der Waals surface area contributed by atoms with Crippen LogP contribution in [-0.2, 0) is 30.2 Å². The molecule has 1 unspecified atom stereocenters. The third-order valence-corrected chi connectivity index (χ3v) is 6.81. The number of rotatable bonds is 12. The molecule has 0 amide bonds. The van der Waals surface area contributed by atoms with Crippen molar-refractivity contribution in [3.63, 3.8) is 0 Å². The smallest absolute Gasteiger partial charge is 0.324 e. The van der Waals surface area contributed by atoms with Crippen LogP contribution in [0.4, 0.5) is 0 Å². The summed E-state index contributed by atoms with van der Waals surface area (Å²) in [5, 5.41) is 17.4. The van der Waals surface area contributed by atoms with Crippen LogP contribution in [0.2, 0.25) is 0 Å². The second-order valence-corrected chi connectivity index (χ2v) is 11.1. The van der Waals surface area contributed by atoms with Gasteiger partial charge in [-0.2, -0.15) is 0 Å². The zero-order valence-corrected chi connectivity index (χ0v) is 19.8. The number of carboxylic acid groups (broad SMARTS) is 2. The van der Waals surface area contributed by atoms with E-state index >= 15 is 0 Å². The highest BCUT2D eigenvalue weighted by Gasteiger charge is 2.33. The standard InChI is InChI=1S/C8H17N3O4S.C8H17N3O3S/c1-6(9)11-3-4-16(14,15)5-8(2,10)7(12)13;1-6(9)11-3-4-15(14)5-8(2,10)7(12)13/h3-5,10H2,1-2H3,(H2,9,11)(H,12,13);3-5,10H2,1-2H3,(H2,9,11)(H,12,13)/t8-;8-,15?/m00/s1. The molecule has 0 aliphatic rings. The zero-order valence-electron chi connectivity index (χ0n) is 18.2. The molecule has 0 aliphatic carbocycles. The normalized spacial score (nSPS) is 17.5. The summed E-state index contributed by atoms with van der Waals surface area (Å²) in [5.41, 5.74) is 18.1. The third-order valence-electron chi connectivity index (χ3n) is 3.40. The number of carbonyl (C=O) groups is 2. The summed E-state index contributed by atoms with van der Waals surface area (Å²) in [6.45, 7) is 6.00. The molecule has 0 bridgehead atoms. The van der Waals surface area contributed by atoms with Crippen molar-refractivity contribution in [1.82, 2.24) is 0 Å². The van der Waals surface area contributed by atoms with Crippen molar-refractivity contribution < 1.29 is 32.4 Å². The summed E-state index contributed by atoms with van der Waals surface area (Å²) in [7, 11) is -4.84. The van der Waals surface area contributed by atoms with Crippen molar-refractivity contribution in [2.24, 2.45) is 32.9 Å². The van der Waals surface area contributed by atoms with Crippen molar-refractivity contribution in [2.75, 3.05) is 36.1 Å². The lowest BCUT2D eigenvalue weighted by Gasteiger charge is -2.18. The van der Waals surface area contributed by atoms with Crippen molar-refractivity contribution in [2.45, 2.75) is 38.8 Å². The lowest BCUT2D eigenvalue weighted by molar-refractivity contribution is -0.142. The predicted octanol–water partition coefficient (Wildman–Crippen LogP) is -2.51. The molecule has 0 spiro atoms. The summed E-state index contributed by atoms with van der Waals surface area (Å²) < 4.78 is 34.4. The van der Waals surface area contributed by atoms with E-state index in [4.69, 9.17) is 33.1 Å². The summed E-state index contributed by atoms with van der Waals surface area (Å²) in [4.78, 5) is 28.8. The van der Waals surface area contributed by atoms with Crippen LogP contribution in [0.25, 0.3) is 0 Å². The fraction of sp³-hybridized carbons (Fsp3) is 0.750. The molecule has 10 N–H and O–H groups in total. The van der Waals surface area contributed by atoms with E-state index < -0.39 is 49.4 Å². The predicted molar refractivity (Wildman–Crippen MR) is 121 cm³/mol. The van der Waals surface area contributed by atoms with Crippen molar-refractivity contribution in [3.05, 3.63) is 0 Å². The van der Waals surface area contributed by atoms with Gasteiger partial charge in [0.2, 0.25) is 0 Å². The molecule has 0 rings (SSSR count). The maximum absolute atomic E-state index is 11.5. The number of sulfone groups is 1. The summed E-state index contributed by atoms with van der Waals surface area (Å²) in [6, 6.07) is 0. The van der Waals surface area contributed by atoms with Gasteiger partial charge in [0.25, 0.3) is 0 Å². The highest BCUT2D eigenvalue weighted by Crippen LogP contribution is 2.05. The number of hydrogen-bond donors (Lipinski definition) is 6. The van der Waals surface area contributed by atoms with Gasteiger partial charge in [-0.1, -0.05) is 0 Å². The van der Waals surface area contributed by atoms with E-state index in [1.54, 1.807) is 6.92 Å². The largest absolute Gasteiger partial charge is 0.480 e. The fourth-order valence-corrected chi connectivity index (χ4v) is 4.53. The highest BCUT2D eigenvalue weighted by molar-refractivity contribution is 7.91. The van der Waals surface area contributed by atoms with E-state index in [0.717, 1.165) is 6.92 Å². The van der Waals surface area contributed by atoms with Crippen LogP contribution in [-0.4, -0.2) is 93.6 Å². The molecular formula is C16H34N6O7S2. The maximum atomic E-state index is 11.5. The van der Waals surface area contributed by atoms with E-state index in [1.807, 2.05) is 0 Å². The van der Waals surface area contributed by atoms with Gasteiger partial charge in [-0.05, 0) is 27.7 Å². The van der Waals surface area contributed by atoms with Gasteiger partial charge >= 0.3 is 11.9 Å². The molecule has 0 aromatic carbocycles. The Kier molecular flexibility index (Phi) is 13.4. The van der Waals surface area contributed by atoms with Gasteiger partial charge in [-0.15, -0.1) is 0 Å². The Morgan fingerprint density at radius 3 is 1.74 bits per heavy atom. The zero-order chi connectivity index (χ0) is 25.0. The lowest BCUT2D eigenvalue weighted by atomic mass is 10.1. The first-order chi connectivity index (χ1) is 13.8. The minimum Gasteiger partial charge on any atom is -0.480 e. The number of carboxylic acids is 2. The first-order valence-corrected chi connectivity index (χ1v) is 12.3. The van der Waals surface area contributed by atoms with Crippen LogP contribution in [0.3, 0.4) is 0 Å². The summed E-state index contributed by atoms with van der Waals surface area (Å²) >= 11 is 0. The minimum absolute atomic E-state index is 0.0143. The molecule has 0 aromatic rings. The molecule has 31 heavy (non-hydrogen) atoms. The molecule has 182 valence electrons. The molecule has 0 heterocycles. The monoisotopic (exact) mass is 486 g/mol. The third kappa shape index (κ3) is 16.3. The molecule has 0 radical (unpaired) electrons. The average Bonchev–Trinajstić information content (AvgIpc) is 2.52. The average molecular weight is 487 g/mol. The number of nitrogens with two attached hydrogens (primary N) is 4. The Morgan fingerprint density at radius 2 is 1.35 bits per heavy atom. The van der Waals surface area contributed by atoms with Gasteiger partial charge in [0, 0.05) is 16.6 Å². The van der Waals surface area contributed by atoms with Crippen LogP contribution in [0.1, 0.15) is 27.7 Å². The van der Waals surface area contributed by atoms with E-state index in [0.29, 0.717) is 12.4 Å². The first-order valence-electron chi connectivity index (χ1n) is 8.95. The van der Waals surface area contributed by atoms with Gasteiger partial charge in [0.05, 0.1) is 42.0 Å². The van der Waals surface area contributed by atoms with Crippen LogP contribution in [0.5, 0.6) is 0 Å². The van der Waals surface area contributed by atoms with Crippen molar-refractivity contribution >= 4 is 44.2 Å². The molecule has 0 saturated carbocycles. The van der Waals surface area contributed by atoms with Crippen LogP contribution in [0, 0.1) is 0 Å². The SMILES string of the molecule is CC(N)=NCCS(=O)(=O)C[C@](C)(N)C(=O)O.CC(N)=NCCS(=O)C[C@](C)(N)C(=O)O. The molecule has 0 fully saturated rings. The van der Waals surface area contributed by atoms with Gasteiger partial charge < -0.3 is 33.1 Å². The van der Waals surface area contributed by atoms with Crippen molar-refractivity contribution in [3.8, 4) is 0 Å². The summed E-state index contributed by atoms with van der Waals surface area (Å²) in [5.74, 6) is -2.50. The molecule has 0 aromatic heterocycles. The first kappa shape index (κ1) is 31.1. The fourth-order valence-electron chi connectivity index (χ4n) is 1.74. The van der Waals surface area contributed by atoms with Gasteiger partial charge in [0.15, 0.2) is 9.84 Å². The quantitative estimate of drug-likeness (QED) is 0.124. The second kappa shape index (κ2) is 13.3. The Hall–Kier alpha value is -2.10. The molecule has 0 aliphatic heterocycles. The number of hydrogen-bond acceptors (Lipinski definition) is 9. The number of amidine groups is 2. The van der Waals surface area contributed by atoms with Crippen LogP contribution < -0.4 is 22.9 Å². The van der Waals surface area contributed by atoms with Gasteiger partial charge in [0.1, 0.15) is 11.1 Å². The van der Waals surface area contributed by atoms with Crippen LogP contribution >= 0.6 is 0 Å². The summed E-state index contributed by atoms with van der Waals surface area (Å²) in [6.07, 6.45) is 0. The van der Waals surface area contributed by atoms with E-state index in [-0.39, 0.29) is 29.6 Å². The molecule has 15 heteroatoms. The Labute approximate surface area is 184 Å². The van der Waals surface area contributed by atoms with Gasteiger partial charge in [-0.25, -0.2) is 8.42 Å². The van der Waals surface area contributed by atoms with Crippen molar-refractivity contribution in [1.29, 1.82) is 0 Å². The van der Waals surface area contributed by atoms with Crippen LogP contribution in [0.15, 0.2) is 9.98 Å². The Balaban J connectivity index is 0. The Bertz CT molecular complexity index is 799. The number of aliphatic carboxylic acids is 2. The topological polar surface area (TPSA) is 255 Å². The molecule has 0 saturated heterocycles. The minimum atomic E-state index is -3.55. The maximum Gasteiger partial charge on any atom is 0.324 e. The van der Waals surface area contributed by atoms with Gasteiger partial charge in [-0.3, -0.25) is 23.8 Å². The second-order valence-electron chi connectivity index (χ2n) is 7.37. The number of aliphatic imine (C=N–C) groups is 2. The molecule has 3 atom stereocenters. The van der Waals surface area contributed by atoms with E-state index in [2.05, 4.69) is 9.98 Å². The molecule has 13 nitrogen and oxygen atoms in total. The Morgan fingerprint density at radius 1 is 0.935 bits per heavy atom. The lowest BCUT2D eigenvalue weighted by Crippen LogP contribution is -2.51. The van der Waals surface area contributed by atoms with E-state index in [9.17, 15) is 22.2 Å².